The Morgan fingerprint density at radius 1 is 1.04 bits per heavy atom. The fourth-order valence-electron chi connectivity index (χ4n) is 2.81. The molecule has 1 amide bonds. The number of amides is 1. The van der Waals surface area contributed by atoms with Crippen LogP contribution in [-0.2, 0) is 17.6 Å². The van der Waals surface area contributed by atoms with Gasteiger partial charge in [-0.15, -0.1) is 22.7 Å². The van der Waals surface area contributed by atoms with Gasteiger partial charge in [-0.1, -0.05) is 43.3 Å². The molecule has 2 heterocycles. The Bertz CT molecular complexity index is 1010. The summed E-state index contributed by atoms with van der Waals surface area (Å²) in [7, 11) is 0. The van der Waals surface area contributed by atoms with Crippen molar-refractivity contribution in [1.29, 1.82) is 0 Å². The number of aryl methyl sites for hydroxylation is 1. The number of thiazole rings is 1. The number of aromatic nitrogens is 1. The molecule has 0 saturated carbocycles. The molecule has 0 bridgehead atoms. The third-order valence-corrected chi connectivity index (χ3v) is 6.14. The summed E-state index contributed by atoms with van der Waals surface area (Å²) in [5.41, 5.74) is 4.29. The highest BCUT2D eigenvalue weighted by atomic mass is 32.1. The van der Waals surface area contributed by atoms with Gasteiger partial charge in [0.15, 0.2) is 0 Å². The van der Waals surface area contributed by atoms with Gasteiger partial charge in [0, 0.05) is 5.56 Å². The zero-order valence-corrected chi connectivity index (χ0v) is 16.0. The summed E-state index contributed by atoms with van der Waals surface area (Å²) in [6, 6.07) is 18.3. The van der Waals surface area contributed by atoms with E-state index in [-0.39, 0.29) is 5.91 Å². The third-order valence-electron chi connectivity index (χ3n) is 4.24. The fraction of sp³-hybridized carbons (Fsp3) is 0.143. The number of rotatable bonds is 5. The third kappa shape index (κ3) is 3.54. The number of hydrogen-bond acceptors (Lipinski definition) is 4. The van der Waals surface area contributed by atoms with E-state index >= 15 is 0 Å². The molecular weight excluding hydrogens is 360 g/mol. The summed E-state index contributed by atoms with van der Waals surface area (Å²) < 4.78 is 1.15. The molecule has 0 aliphatic carbocycles. The zero-order valence-electron chi connectivity index (χ0n) is 14.4. The van der Waals surface area contributed by atoms with Crippen molar-refractivity contribution in [3.63, 3.8) is 0 Å². The maximum atomic E-state index is 12.5. The highest BCUT2D eigenvalue weighted by molar-refractivity contribution is 7.22. The fourth-order valence-corrected chi connectivity index (χ4v) is 4.68. The summed E-state index contributed by atoms with van der Waals surface area (Å²) in [6.07, 6.45) is 1.38. The Labute approximate surface area is 160 Å². The number of thiophene rings is 1. The van der Waals surface area contributed by atoms with E-state index in [0.29, 0.717) is 6.42 Å². The molecular formula is C21H18N2OS2. The van der Waals surface area contributed by atoms with Gasteiger partial charge < -0.3 is 5.32 Å². The van der Waals surface area contributed by atoms with Crippen molar-refractivity contribution < 1.29 is 4.79 Å². The average Bonchev–Trinajstić information content (AvgIpc) is 3.28. The number of anilines is 1. The van der Waals surface area contributed by atoms with E-state index in [9.17, 15) is 4.79 Å². The topological polar surface area (TPSA) is 42.0 Å². The van der Waals surface area contributed by atoms with Crippen LogP contribution in [0.25, 0.3) is 20.8 Å². The molecule has 0 aliphatic rings. The second-order valence-electron chi connectivity index (χ2n) is 6.05. The molecule has 26 heavy (non-hydrogen) atoms. The maximum absolute atomic E-state index is 12.5. The molecule has 0 fully saturated rings. The number of carbonyl (C=O) groups is 1. The lowest BCUT2D eigenvalue weighted by atomic mass is 10.1. The van der Waals surface area contributed by atoms with E-state index in [4.69, 9.17) is 4.98 Å². The van der Waals surface area contributed by atoms with Crippen molar-refractivity contribution in [2.24, 2.45) is 0 Å². The lowest BCUT2D eigenvalue weighted by Gasteiger charge is -2.06. The molecule has 4 rings (SSSR count). The predicted molar refractivity (Wildman–Crippen MR) is 111 cm³/mol. The van der Waals surface area contributed by atoms with Crippen molar-refractivity contribution in [2.75, 3.05) is 5.32 Å². The summed E-state index contributed by atoms with van der Waals surface area (Å²) in [4.78, 5) is 17.2. The summed E-state index contributed by atoms with van der Waals surface area (Å²) in [6.45, 7) is 2.13. The number of benzene rings is 2. The largest absolute Gasteiger partial charge is 0.317 e. The van der Waals surface area contributed by atoms with Crippen molar-refractivity contribution in [2.45, 2.75) is 19.8 Å². The van der Waals surface area contributed by atoms with Gasteiger partial charge >= 0.3 is 0 Å². The summed E-state index contributed by atoms with van der Waals surface area (Å²) in [5, 5.41) is 6.85. The van der Waals surface area contributed by atoms with Crippen LogP contribution < -0.4 is 5.32 Å². The molecule has 0 saturated heterocycles. The van der Waals surface area contributed by atoms with Gasteiger partial charge in [-0.2, -0.15) is 0 Å². The molecule has 4 aromatic rings. The van der Waals surface area contributed by atoms with Crippen LogP contribution in [0.15, 0.2) is 60.0 Å². The number of hydrogen-bond donors (Lipinski definition) is 1. The van der Waals surface area contributed by atoms with Gasteiger partial charge in [-0.25, -0.2) is 4.98 Å². The van der Waals surface area contributed by atoms with Crippen molar-refractivity contribution in [3.05, 3.63) is 71.1 Å². The molecule has 0 radical (unpaired) electrons. The number of nitrogens with zero attached hydrogens (tertiary/aromatic N) is 1. The molecule has 0 spiro atoms. The van der Waals surface area contributed by atoms with E-state index in [0.717, 1.165) is 37.8 Å². The van der Waals surface area contributed by atoms with Crippen LogP contribution in [0, 0.1) is 0 Å². The molecule has 2 aromatic carbocycles. The number of para-hydroxylation sites is 1. The van der Waals surface area contributed by atoms with E-state index in [1.165, 1.54) is 16.9 Å². The second-order valence-corrected chi connectivity index (χ2v) is 7.99. The first kappa shape index (κ1) is 16.9. The van der Waals surface area contributed by atoms with E-state index in [1.807, 2.05) is 41.8 Å². The van der Waals surface area contributed by atoms with E-state index < -0.39 is 0 Å². The number of nitrogens with one attached hydrogen (secondary N) is 1. The van der Waals surface area contributed by atoms with Crippen LogP contribution in [0.5, 0.6) is 0 Å². The highest BCUT2D eigenvalue weighted by Crippen LogP contribution is 2.37. The summed E-state index contributed by atoms with van der Waals surface area (Å²) in [5.74, 6) is -0.000871. The molecule has 0 aliphatic heterocycles. The van der Waals surface area contributed by atoms with Crippen molar-refractivity contribution in [1.82, 2.24) is 4.98 Å². The minimum atomic E-state index is -0.000871. The first-order valence-electron chi connectivity index (χ1n) is 8.54. The molecule has 0 atom stereocenters. The van der Waals surface area contributed by atoms with Crippen LogP contribution in [0.3, 0.4) is 0 Å². The Hall–Kier alpha value is -2.50. The average molecular weight is 379 g/mol. The molecule has 1 N–H and O–H groups in total. The maximum Gasteiger partial charge on any atom is 0.229 e. The zero-order chi connectivity index (χ0) is 17.9. The van der Waals surface area contributed by atoms with Crippen molar-refractivity contribution in [3.8, 4) is 10.6 Å². The van der Waals surface area contributed by atoms with Crippen molar-refractivity contribution >= 4 is 43.8 Å². The van der Waals surface area contributed by atoms with Gasteiger partial charge in [0.1, 0.15) is 10.0 Å². The van der Waals surface area contributed by atoms with Crippen LogP contribution in [0.1, 0.15) is 18.1 Å². The first-order valence-corrected chi connectivity index (χ1v) is 10.2. The Kier molecular flexibility index (Phi) is 4.82. The monoisotopic (exact) mass is 378 g/mol. The van der Waals surface area contributed by atoms with Gasteiger partial charge in [0.25, 0.3) is 0 Å². The van der Waals surface area contributed by atoms with Crippen LogP contribution in [0.2, 0.25) is 0 Å². The van der Waals surface area contributed by atoms with E-state index in [1.54, 1.807) is 11.3 Å². The number of fused-ring (bicyclic) bond motifs is 1. The van der Waals surface area contributed by atoms with Gasteiger partial charge in [0.05, 0.1) is 16.6 Å². The minimum absolute atomic E-state index is 0.000871. The van der Waals surface area contributed by atoms with Crippen LogP contribution in [0.4, 0.5) is 5.00 Å². The Balaban J connectivity index is 1.52. The molecule has 0 unspecified atom stereocenters. The smallest absolute Gasteiger partial charge is 0.229 e. The SMILES string of the molecule is CCc1ccc(CC(=O)Nc2sccc2-c2nc3ccccc3s2)cc1. The van der Waals surface area contributed by atoms with Crippen LogP contribution in [-0.4, -0.2) is 10.9 Å². The van der Waals surface area contributed by atoms with Gasteiger partial charge in [-0.05, 0) is 41.1 Å². The summed E-state index contributed by atoms with van der Waals surface area (Å²) >= 11 is 3.18. The van der Waals surface area contributed by atoms with E-state index in [2.05, 4.69) is 30.4 Å². The molecule has 3 nitrogen and oxygen atoms in total. The quantitative estimate of drug-likeness (QED) is 0.479. The lowest BCUT2D eigenvalue weighted by molar-refractivity contribution is -0.115. The predicted octanol–water partition coefficient (Wildman–Crippen LogP) is 5.77. The number of carbonyl (C=O) groups excluding carboxylic acids is 1. The minimum Gasteiger partial charge on any atom is -0.317 e. The lowest BCUT2D eigenvalue weighted by Crippen LogP contribution is -2.14. The molecule has 2 aromatic heterocycles. The standard InChI is InChI=1S/C21H18N2OS2/c1-2-14-7-9-15(10-8-14)13-19(24)23-20-16(11-12-25-20)21-22-17-5-3-4-6-18(17)26-21/h3-12H,2,13H2,1H3,(H,23,24). The first-order chi connectivity index (χ1) is 12.7. The normalized spacial score (nSPS) is 11.0. The Morgan fingerprint density at radius 3 is 2.58 bits per heavy atom. The molecule has 130 valence electrons. The van der Waals surface area contributed by atoms with Gasteiger partial charge in [-0.3, -0.25) is 4.79 Å². The van der Waals surface area contributed by atoms with Gasteiger partial charge in [0.2, 0.25) is 5.91 Å². The molecule has 5 heteroatoms. The second kappa shape index (κ2) is 7.40. The Morgan fingerprint density at radius 2 is 1.81 bits per heavy atom. The van der Waals surface area contributed by atoms with Crippen LogP contribution >= 0.6 is 22.7 Å². The highest BCUT2D eigenvalue weighted by Gasteiger charge is 2.14.